The van der Waals surface area contributed by atoms with Gasteiger partial charge >= 0.3 is 12.0 Å². The Kier molecular flexibility index (Phi) is 4.86. The maximum Gasteiger partial charge on any atom is 0.326 e. The number of carbonyl (C=O) groups is 2. The first-order chi connectivity index (χ1) is 9.49. The summed E-state index contributed by atoms with van der Waals surface area (Å²) in [4.78, 5) is 29.1. The molecule has 0 unspecified atom stereocenters. The van der Waals surface area contributed by atoms with Crippen molar-refractivity contribution in [3.63, 3.8) is 0 Å². The molecular formula is C14H25N3O3. The first kappa shape index (κ1) is 15.1. The highest BCUT2D eigenvalue weighted by atomic mass is 16.4. The number of nitrogens with zero attached hydrogens (tertiary/aromatic N) is 3. The van der Waals surface area contributed by atoms with E-state index in [2.05, 4.69) is 19.0 Å². The Balaban J connectivity index is 1.87. The minimum absolute atomic E-state index is 0.0850. The lowest BCUT2D eigenvalue weighted by molar-refractivity contribution is -0.141. The van der Waals surface area contributed by atoms with Crippen LogP contribution in [0.5, 0.6) is 0 Å². The lowest BCUT2D eigenvalue weighted by Gasteiger charge is -2.36. The molecule has 2 heterocycles. The zero-order valence-electron chi connectivity index (χ0n) is 12.4. The monoisotopic (exact) mass is 283 g/mol. The summed E-state index contributed by atoms with van der Waals surface area (Å²) >= 11 is 0. The molecule has 0 saturated carbocycles. The van der Waals surface area contributed by atoms with Crippen LogP contribution in [0.2, 0.25) is 0 Å². The second-order valence-electron chi connectivity index (χ2n) is 6.16. The fourth-order valence-corrected chi connectivity index (χ4v) is 3.26. The first-order valence-electron chi connectivity index (χ1n) is 7.42. The Morgan fingerprint density at radius 2 is 1.80 bits per heavy atom. The number of amides is 2. The number of aliphatic carboxylic acids is 1. The van der Waals surface area contributed by atoms with Crippen LogP contribution in [0.3, 0.4) is 0 Å². The molecular weight excluding hydrogens is 258 g/mol. The van der Waals surface area contributed by atoms with Crippen LogP contribution in [0.4, 0.5) is 4.79 Å². The zero-order valence-corrected chi connectivity index (χ0v) is 12.4. The van der Waals surface area contributed by atoms with Gasteiger partial charge in [0.1, 0.15) is 6.04 Å². The van der Waals surface area contributed by atoms with Crippen LogP contribution >= 0.6 is 0 Å². The number of piperidine rings is 1. The first-order valence-corrected chi connectivity index (χ1v) is 7.42. The maximum atomic E-state index is 12.4. The van der Waals surface area contributed by atoms with Gasteiger partial charge in [-0.25, -0.2) is 9.59 Å². The van der Waals surface area contributed by atoms with Gasteiger partial charge in [-0.1, -0.05) is 0 Å². The quantitative estimate of drug-likeness (QED) is 0.837. The van der Waals surface area contributed by atoms with Crippen LogP contribution < -0.4 is 0 Å². The van der Waals surface area contributed by atoms with Gasteiger partial charge in [-0.2, -0.15) is 0 Å². The van der Waals surface area contributed by atoms with E-state index in [9.17, 15) is 9.59 Å². The molecule has 114 valence electrons. The van der Waals surface area contributed by atoms with Crippen LogP contribution in [-0.2, 0) is 4.79 Å². The molecule has 0 radical (unpaired) electrons. The summed E-state index contributed by atoms with van der Waals surface area (Å²) in [5.41, 5.74) is 0. The molecule has 2 amide bonds. The van der Waals surface area contributed by atoms with Crippen molar-refractivity contribution in [3.8, 4) is 0 Å². The van der Waals surface area contributed by atoms with Crippen molar-refractivity contribution < 1.29 is 14.7 Å². The molecule has 20 heavy (non-hydrogen) atoms. The van der Waals surface area contributed by atoms with E-state index in [-0.39, 0.29) is 6.03 Å². The number of urea groups is 1. The van der Waals surface area contributed by atoms with Crippen LogP contribution in [0.1, 0.15) is 25.7 Å². The Hall–Kier alpha value is -1.30. The molecule has 2 saturated heterocycles. The number of carboxylic acids is 1. The van der Waals surface area contributed by atoms with Crippen LogP contribution in [0, 0.1) is 5.92 Å². The van der Waals surface area contributed by atoms with Crippen molar-refractivity contribution in [2.24, 2.45) is 5.92 Å². The number of carboxylic acid groups (broad SMARTS) is 1. The molecule has 6 heteroatoms. The Labute approximate surface area is 120 Å². The van der Waals surface area contributed by atoms with E-state index in [0.717, 1.165) is 38.9 Å². The van der Waals surface area contributed by atoms with Gasteiger partial charge in [0.25, 0.3) is 0 Å². The summed E-state index contributed by atoms with van der Waals surface area (Å²) in [5, 5.41) is 9.15. The molecule has 1 atom stereocenters. The molecule has 0 aromatic rings. The van der Waals surface area contributed by atoms with Crippen molar-refractivity contribution in [2.75, 3.05) is 40.3 Å². The lowest BCUT2D eigenvalue weighted by atomic mass is 9.96. The number of carbonyl (C=O) groups excluding carboxylic acids is 1. The van der Waals surface area contributed by atoms with E-state index in [1.54, 1.807) is 0 Å². The fraction of sp³-hybridized carbons (Fsp3) is 0.857. The highest BCUT2D eigenvalue weighted by Gasteiger charge is 2.37. The zero-order chi connectivity index (χ0) is 14.7. The molecule has 0 aliphatic carbocycles. The van der Waals surface area contributed by atoms with Gasteiger partial charge in [-0.05, 0) is 45.7 Å². The van der Waals surface area contributed by atoms with Crippen molar-refractivity contribution >= 4 is 12.0 Å². The smallest absolute Gasteiger partial charge is 0.326 e. The molecule has 0 aromatic carbocycles. The van der Waals surface area contributed by atoms with Crippen molar-refractivity contribution in [1.29, 1.82) is 0 Å². The molecule has 0 aromatic heterocycles. The van der Waals surface area contributed by atoms with Crippen molar-refractivity contribution in [3.05, 3.63) is 0 Å². The molecule has 6 nitrogen and oxygen atoms in total. The van der Waals surface area contributed by atoms with E-state index < -0.39 is 12.0 Å². The Morgan fingerprint density at radius 1 is 1.15 bits per heavy atom. The van der Waals surface area contributed by atoms with Gasteiger partial charge in [0, 0.05) is 26.2 Å². The fourth-order valence-electron chi connectivity index (χ4n) is 3.26. The van der Waals surface area contributed by atoms with E-state index in [1.165, 1.54) is 4.90 Å². The third-order valence-corrected chi connectivity index (χ3v) is 4.29. The highest BCUT2D eigenvalue weighted by molar-refractivity contribution is 5.83. The third kappa shape index (κ3) is 3.42. The van der Waals surface area contributed by atoms with E-state index >= 15 is 0 Å². The largest absolute Gasteiger partial charge is 0.480 e. The van der Waals surface area contributed by atoms with Crippen LogP contribution in [0.15, 0.2) is 0 Å². The van der Waals surface area contributed by atoms with Crippen molar-refractivity contribution in [1.82, 2.24) is 14.7 Å². The Bertz CT molecular complexity index is 365. The predicted octanol–water partition coefficient (Wildman–Crippen LogP) is 0.929. The van der Waals surface area contributed by atoms with Gasteiger partial charge in [-0.3, -0.25) is 0 Å². The third-order valence-electron chi connectivity index (χ3n) is 4.29. The SMILES string of the molecule is CN(C)CC1CCN(C(=O)N2CCC[C@H]2C(=O)O)CC1. The summed E-state index contributed by atoms with van der Waals surface area (Å²) in [6.45, 7) is 3.14. The van der Waals surface area contributed by atoms with Gasteiger partial charge in [-0.15, -0.1) is 0 Å². The van der Waals surface area contributed by atoms with Crippen LogP contribution in [0.25, 0.3) is 0 Å². The average Bonchev–Trinajstić information content (AvgIpc) is 2.87. The number of hydrogen-bond acceptors (Lipinski definition) is 3. The standard InChI is InChI=1S/C14H25N3O3/c1-15(2)10-11-5-8-16(9-6-11)14(20)17-7-3-4-12(17)13(18)19/h11-12H,3-10H2,1-2H3,(H,18,19)/t12-/m0/s1. The Morgan fingerprint density at radius 3 is 2.35 bits per heavy atom. The normalized spacial score (nSPS) is 24.4. The second kappa shape index (κ2) is 6.43. The molecule has 2 rings (SSSR count). The molecule has 0 spiro atoms. The van der Waals surface area contributed by atoms with E-state index in [1.807, 2.05) is 4.90 Å². The van der Waals surface area contributed by atoms with Crippen molar-refractivity contribution in [2.45, 2.75) is 31.7 Å². The second-order valence-corrected chi connectivity index (χ2v) is 6.16. The van der Waals surface area contributed by atoms with Gasteiger partial charge in [0.2, 0.25) is 0 Å². The van der Waals surface area contributed by atoms with E-state index in [4.69, 9.17) is 5.11 Å². The highest BCUT2D eigenvalue weighted by Crippen LogP contribution is 2.23. The van der Waals surface area contributed by atoms with Gasteiger partial charge < -0.3 is 19.8 Å². The summed E-state index contributed by atoms with van der Waals surface area (Å²) in [6, 6.07) is -0.708. The minimum atomic E-state index is -0.877. The molecule has 2 fully saturated rings. The number of rotatable bonds is 3. The predicted molar refractivity (Wildman–Crippen MR) is 75.6 cm³/mol. The molecule has 2 aliphatic heterocycles. The number of hydrogen-bond donors (Lipinski definition) is 1. The lowest BCUT2D eigenvalue weighted by Crippen LogP contribution is -2.50. The average molecular weight is 283 g/mol. The molecule has 0 bridgehead atoms. The van der Waals surface area contributed by atoms with Crippen LogP contribution in [-0.4, -0.2) is 78.1 Å². The van der Waals surface area contributed by atoms with Gasteiger partial charge in [0.05, 0.1) is 0 Å². The topological polar surface area (TPSA) is 64.1 Å². The summed E-state index contributed by atoms with van der Waals surface area (Å²) in [7, 11) is 4.14. The van der Waals surface area contributed by atoms with Gasteiger partial charge in [0.15, 0.2) is 0 Å². The number of likely N-dealkylation sites (tertiary alicyclic amines) is 2. The summed E-state index contributed by atoms with van der Waals surface area (Å²) in [5.74, 6) is -0.235. The molecule has 2 aliphatic rings. The van der Waals surface area contributed by atoms with E-state index in [0.29, 0.717) is 18.9 Å². The minimum Gasteiger partial charge on any atom is -0.480 e. The molecule has 1 N–H and O–H groups in total. The maximum absolute atomic E-state index is 12.4. The summed E-state index contributed by atoms with van der Waals surface area (Å²) < 4.78 is 0. The summed E-state index contributed by atoms with van der Waals surface area (Å²) in [6.07, 6.45) is 3.39.